The van der Waals surface area contributed by atoms with Crippen LogP contribution in [0, 0.1) is 6.92 Å². The van der Waals surface area contributed by atoms with Gasteiger partial charge in [-0.3, -0.25) is 4.79 Å². The Labute approximate surface area is 141 Å². The number of carbonyl (C=O) groups excluding carboxylic acids is 1. The van der Waals surface area contributed by atoms with Crippen LogP contribution in [0.2, 0.25) is 0 Å². The first-order valence-electron chi connectivity index (χ1n) is 7.43. The first-order chi connectivity index (χ1) is 11.3. The monoisotopic (exact) mass is 345 g/mol. The molecule has 126 valence electrons. The predicted molar refractivity (Wildman–Crippen MR) is 94.7 cm³/mol. The largest absolute Gasteiger partial charge is 0.506 e. The lowest BCUT2D eigenvalue weighted by Gasteiger charge is -2.08. The van der Waals surface area contributed by atoms with Gasteiger partial charge in [-0.25, -0.2) is 8.42 Å². The van der Waals surface area contributed by atoms with Gasteiger partial charge in [0.15, 0.2) is 9.84 Å². The van der Waals surface area contributed by atoms with Gasteiger partial charge < -0.3 is 10.4 Å². The maximum absolute atomic E-state index is 12.0. The molecule has 0 saturated carbocycles. The lowest BCUT2D eigenvalue weighted by Crippen LogP contribution is -2.10. The quantitative estimate of drug-likeness (QED) is 0.644. The molecule has 0 aliphatic rings. The Morgan fingerprint density at radius 1 is 1.17 bits per heavy atom. The number of hydrogen-bond acceptors (Lipinski definition) is 4. The van der Waals surface area contributed by atoms with Crippen LogP contribution in [0.15, 0.2) is 53.4 Å². The van der Waals surface area contributed by atoms with E-state index in [0.29, 0.717) is 0 Å². The zero-order valence-electron chi connectivity index (χ0n) is 13.5. The maximum atomic E-state index is 12.0. The average Bonchev–Trinajstić information content (AvgIpc) is 2.56. The first-order valence-corrected chi connectivity index (χ1v) is 9.08. The summed E-state index contributed by atoms with van der Waals surface area (Å²) >= 11 is 0. The van der Waals surface area contributed by atoms with Crippen LogP contribution in [0.4, 0.5) is 5.69 Å². The Kier molecular flexibility index (Phi) is 5.41. The number of phenols is 1. The topological polar surface area (TPSA) is 83.5 Å². The normalized spacial score (nSPS) is 11.6. The van der Waals surface area contributed by atoms with Gasteiger partial charge in [-0.15, -0.1) is 0 Å². The number of benzene rings is 2. The van der Waals surface area contributed by atoms with Crippen molar-refractivity contribution in [2.75, 3.05) is 11.1 Å². The molecule has 5 nitrogen and oxygen atoms in total. The lowest BCUT2D eigenvalue weighted by atomic mass is 10.1. The number of anilines is 1. The van der Waals surface area contributed by atoms with Crippen LogP contribution in [-0.4, -0.2) is 25.2 Å². The molecule has 0 spiro atoms. The van der Waals surface area contributed by atoms with E-state index in [2.05, 4.69) is 5.32 Å². The lowest BCUT2D eigenvalue weighted by molar-refractivity contribution is -0.111. The fourth-order valence-electron chi connectivity index (χ4n) is 2.00. The van der Waals surface area contributed by atoms with E-state index in [1.807, 2.05) is 31.2 Å². The molecule has 0 radical (unpaired) electrons. The molecule has 0 saturated heterocycles. The van der Waals surface area contributed by atoms with E-state index in [1.165, 1.54) is 31.2 Å². The van der Waals surface area contributed by atoms with Crippen molar-refractivity contribution in [2.45, 2.75) is 18.7 Å². The average molecular weight is 345 g/mol. The Hall–Kier alpha value is -2.60. The zero-order chi connectivity index (χ0) is 17.7. The third-order valence-corrected chi connectivity index (χ3v) is 5.20. The summed E-state index contributed by atoms with van der Waals surface area (Å²) in [5.74, 6) is -0.711. The molecule has 0 heterocycles. The molecule has 1 amide bonds. The second kappa shape index (κ2) is 7.31. The van der Waals surface area contributed by atoms with Crippen molar-refractivity contribution in [3.8, 4) is 5.75 Å². The van der Waals surface area contributed by atoms with Gasteiger partial charge in [0.05, 0.1) is 16.3 Å². The fraction of sp³-hybridized carbons (Fsp3) is 0.167. The Balaban J connectivity index is 2.16. The minimum absolute atomic E-state index is 0.0561. The highest BCUT2D eigenvalue weighted by molar-refractivity contribution is 7.91. The Morgan fingerprint density at radius 2 is 1.83 bits per heavy atom. The maximum Gasteiger partial charge on any atom is 0.248 e. The molecule has 6 heteroatoms. The van der Waals surface area contributed by atoms with Crippen molar-refractivity contribution in [1.29, 1.82) is 0 Å². The minimum Gasteiger partial charge on any atom is -0.506 e. The van der Waals surface area contributed by atoms with E-state index in [1.54, 1.807) is 6.08 Å². The van der Waals surface area contributed by atoms with Crippen LogP contribution >= 0.6 is 0 Å². The molecule has 2 aromatic rings. The molecule has 0 fully saturated rings. The molecule has 0 atom stereocenters. The second-order valence-corrected chi connectivity index (χ2v) is 7.59. The van der Waals surface area contributed by atoms with Crippen molar-refractivity contribution in [3.63, 3.8) is 0 Å². The van der Waals surface area contributed by atoms with Crippen molar-refractivity contribution in [2.24, 2.45) is 0 Å². The van der Waals surface area contributed by atoms with Crippen LogP contribution in [-0.2, 0) is 14.6 Å². The summed E-state index contributed by atoms with van der Waals surface area (Å²) in [5.41, 5.74) is 2.04. The molecule has 0 aliphatic heterocycles. The van der Waals surface area contributed by atoms with Crippen molar-refractivity contribution < 1.29 is 18.3 Å². The number of hydrogen-bond donors (Lipinski definition) is 2. The van der Waals surface area contributed by atoms with E-state index in [4.69, 9.17) is 0 Å². The number of amides is 1. The summed E-state index contributed by atoms with van der Waals surface area (Å²) in [7, 11) is -3.41. The fourth-order valence-corrected chi connectivity index (χ4v) is 2.91. The van der Waals surface area contributed by atoms with Crippen molar-refractivity contribution in [3.05, 3.63) is 59.7 Å². The van der Waals surface area contributed by atoms with Gasteiger partial charge in [0, 0.05) is 6.08 Å². The van der Waals surface area contributed by atoms with E-state index >= 15 is 0 Å². The highest BCUT2D eigenvalue weighted by Gasteiger charge is 2.14. The highest BCUT2D eigenvalue weighted by Crippen LogP contribution is 2.27. The number of aromatic hydroxyl groups is 1. The molecule has 2 N–H and O–H groups in total. The van der Waals surface area contributed by atoms with Gasteiger partial charge in [-0.1, -0.05) is 36.8 Å². The number of carbonyl (C=O) groups is 1. The molecule has 0 aromatic heterocycles. The van der Waals surface area contributed by atoms with Gasteiger partial charge in [0.25, 0.3) is 0 Å². The van der Waals surface area contributed by atoms with E-state index < -0.39 is 15.7 Å². The molecule has 24 heavy (non-hydrogen) atoms. The van der Waals surface area contributed by atoms with Crippen LogP contribution in [0.3, 0.4) is 0 Å². The first kappa shape index (κ1) is 17.7. The molecule has 0 aliphatic carbocycles. The number of phenolic OH excluding ortho intramolecular Hbond substituents is 1. The molecule has 0 unspecified atom stereocenters. The van der Waals surface area contributed by atoms with Gasteiger partial charge in [-0.05, 0) is 36.8 Å². The summed E-state index contributed by atoms with van der Waals surface area (Å²) < 4.78 is 23.8. The molecular weight excluding hydrogens is 326 g/mol. The summed E-state index contributed by atoms with van der Waals surface area (Å²) in [5, 5.41) is 12.3. The van der Waals surface area contributed by atoms with E-state index in [0.717, 1.165) is 11.1 Å². The smallest absolute Gasteiger partial charge is 0.248 e. The minimum atomic E-state index is -3.41. The third-order valence-electron chi connectivity index (χ3n) is 3.47. The van der Waals surface area contributed by atoms with Crippen molar-refractivity contribution >= 4 is 27.5 Å². The van der Waals surface area contributed by atoms with Crippen LogP contribution in [0.1, 0.15) is 18.1 Å². The highest BCUT2D eigenvalue weighted by atomic mass is 32.2. The number of rotatable bonds is 5. The third kappa shape index (κ3) is 4.45. The SMILES string of the molecule is CCS(=O)(=O)c1ccc(O)c(NC(=O)/C=C/c2ccc(C)cc2)c1. The molecular formula is C18H19NO4S. The zero-order valence-corrected chi connectivity index (χ0v) is 14.3. The second-order valence-electron chi connectivity index (χ2n) is 5.32. The van der Waals surface area contributed by atoms with Crippen LogP contribution in [0.5, 0.6) is 5.75 Å². The van der Waals surface area contributed by atoms with E-state index in [-0.39, 0.29) is 22.1 Å². The Bertz CT molecular complexity index is 868. The summed E-state index contributed by atoms with van der Waals surface area (Å²) in [4.78, 5) is 12.0. The van der Waals surface area contributed by atoms with Gasteiger partial charge in [0.1, 0.15) is 5.75 Å². The number of aryl methyl sites for hydroxylation is 1. The van der Waals surface area contributed by atoms with Crippen LogP contribution in [0.25, 0.3) is 6.08 Å². The summed E-state index contributed by atoms with van der Waals surface area (Å²) in [6.07, 6.45) is 2.96. The molecule has 2 aromatic carbocycles. The predicted octanol–water partition coefficient (Wildman–Crippen LogP) is 3.15. The van der Waals surface area contributed by atoms with Gasteiger partial charge in [-0.2, -0.15) is 0 Å². The Morgan fingerprint density at radius 3 is 2.46 bits per heavy atom. The van der Waals surface area contributed by atoms with E-state index in [9.17, 15) is 18.3 Å². The standard InChI is InChI=1S/C18H19NO4S/c1-3-24(22,23)15-9-10-17(20)16(12-15)19-18(21)11-8-14-6-4-13(2)5-7-14/h4-12,20H,3H2,1-2H3,(H,19,21)/b11-8+. The summed E-state index contributed by atoms with van der Waals surface area (Å²) in [6.45, 7) is 3.51. The van der Waals surface area contributed by atoms with Crippen LogP contribution < -0.4 is 5.32 Å². The molecule has 0 bridgehead atoms. The van der Waals surface area contributed by atoms with Gasteiger partial charge >= 0.3 is 0 Å². The summed E-state index contributed by atoms with van der Waals surface area (Å²) in [6, 6.07) is 11.4. The van der Waals surface area contributed by atoms with Gasteiger partial charge in [0.2, 0.25) is 5.91 Å². The number of nitrogens with one attached hydrogen (secondary N) is 1. The van der Waals surface area contributed by atoms with Crippen molar-refractivity contribution in [1.82, 2.24) is 0 Å². The number of sulfone groups is 1. The molecule has 2 rings (SSSR count).